The van der Waals surface area contributed by atoms with Crippen LogP contribution in [0.15, 0.2) is 0 Å². The van der Waals surface area contributed by atoms with Crippen LogP contribution in [0.4, 0.5) is 0 Å². The number of hydrogen-bond acceptors (Lipinski definition) is 9. The summed E-state index contributed by atoms with van der Waals surface area (Å²) >= 11 is 0. The van der Waals surface area contributed by atoms with Crippen LogP contribution >= 0.6 is 7.82 Å². The van der Waals surface area contributed by atoms with Crippen molar-refractivity contribution in [2.45, 2.75) is 283 Å². The van der Waals surface area contributed by atoms with Crippen molar-refractivity contribution in [1.29, 1.82) is 0 Å². The molecular weight excluding hydrogens is 792 g/mol. The highest BCUT2D eigenvalue weighted by atomic mass is 31.2. The number of carbonyl (C=O) groups is 2. The SMILES string of the molecule is CCCCCCCCCCCCCCCCCCCCCC(=O)OC[C@H](COP(=O)(O)OC[C@@H](O)CO)OC(=O)CCCCCCCCCCCCCCCCCCCCC. The van der Waals surface area contributed by atoms with E-state index < -0.39 is 51.8 Å². The number of aliphatic hydroxyl groups is 2. The van der Waals surface area contributed by atoms with Gasteiger partial charge in [-0.05, 0) is 12.8 Å². The van der Waals surface area contributed by atoms with E-state index in [0.717, 1.165) is 32.1 Å². The molecule has 0 amide bonds. The number of aliphatic hydroxyl groups excluding tert-OH is 2. The van der Waals surface area contributed by atoms with E-state index in [-0.39, 0.29) is 19.4 Å². The lowest BCUT2D eigenvalue weighted by molar-refractivity contribution is -0.161. The summed E-state index contributed by atoms with van der Waals surface area (Å²) in [6.07, 6.45) is 46.4. The van der Waals surface area contributed by atoms with Crippen LogP contribution in [0.3, 0.4) is 0 Å². The lowest BCUT2D eigenvalue weighted by Crippen LogP contribution is -2.29. The molecule has 10 nitrogen and oxygen atoms in total. The maximum Gasteiger partial charge on any atom is 0.472 e. The van der Waals surface area contributed by atoms with Gasteiger partial charge in [-0.2, -0.15) is 0 Å². The second kappa shape index (κ2) is 46.9. The van der Waals surface area contributed by atoms with Gasteiger partial charge in [0.15, 0.2) is 6.10 Å². The summed E-state index contributed by atoms with van der Waals surface area (Å²) < 4.78 is 32.9. The first-order valence-corrected chi connectivity index (χ1v) is 27.5. The summed E-state index contributed by atoms with van der Waals surface area (Å²) in [6, 6.07) is 0. The van der Waals surface area contributed by atoms with E-state index >= 15 is 0 Å². The molecule has 0 heterocycles. The monoisotopic (exact) mass is 891 g/mol. The van der Waals surface area contributed by atoms with Gasteiger partial charge in [-0.3, -0.25) is 18.6 Å². The lowest BCUT2D eigenvalue weighted by atomic mass is 10.0. The van der Waals surface area contributed by atoms with E-state index in [9.17, 15) is 24.2 Å². The normalized spacial score (nSPS) is 13.6. The molecule has 0 aromatic rings. The average Bonchev–Trinajstić information content (AvgIpc) is 3.25. The van der Waals surface area contributed by atoms with Gasteiger partial charge in [0, 0.05) is 12.8 Å². The third kappa shape index (κ3) is 46.8. The summed E-state index contributed by atoms with van der Waals surface area (Å²) in [5, 5.41) is 18.4. The van der Waals surface area contributed by atoms with Gasteiger partial charge < -0.3 is 24.6 Å². The predicted octanol–water partition coefficient (Wildman–Crippen LogP) is 14.6. The molecule has 0 saturated carbocycles. The fraction of sp³-hybridized carbons (Fsp3) is 0.960. The van der Waals surface area contributed by atoms with Gasteiger partial charge in [0.05, 0.1) is 19.8 Å². The van der Waals surface area contributed by atoms with Crippen molar-refractivity contribution in [2.24, 2.45) is 0 Å². The number of rotatable bonds is 50. The number of carbonyl (C=O) groups excluding carboxylic acids is 2. The van der Waals surface area contributed by atoms with Crippen LogP contribution in [0.2, 0.25) is 0 Å². The van der Waals surface area contributed by atoms with Gasteiger partial charge in [-0.15, -0.1) is 0 Å². The number of phosphoric acid groups is 1. The van der Waals surface area contributed by atoms with E-state index in [1.165, 1.54) is 199 Å². The first-order valence-electron chi connectivity index (χ1n) is 26.0. The van der Waals surface area contributed by atoms with Crippen molar-refractivity contribution in [3.8, 4) is 0 Å². The van der Waals surface area contributed by atoms with Gasteiger partial charge in [0.1, 0.15) is 12.7 Å². The van der Waals surface area contributed by atoms with Crippen molar-refractivity contribution in [3.05, 3.63) is 0 Å². The Morgan fingerprint density at radius 2 is 0.705 bits per heavy atom. The van der Waals surface area contributed by atoms with Crippen molar-refractivity contribution >= 4 is 19.8 Å². The highest BCUT2D eigenvalue weighted by Gasteiger charge is 2.27. The first-order chi connectivity index (χ1) is 29.7. The van der Waals surface area contributed by atoms with Crippen LogP contribution in [-0.4, -0.2) is 65.7 Å². The lowest BCUT2D eigenvalue weighted by Gasteiger charge is -2.20. The van der Waals surface area contributed by atoms with Crippen molar-refractivity contribution in [2.75, 3.05) is 26.4 Å². The molecule has 0 aromatic heterocycles. The molecule has 0 aliphatic heterocycles. The molecule has 11 heteroatoms. The van der Waals surface area contributed by atoms with Gasteiger partial charge in [0.25, 0.3) is 0 Å². The minimum atomic E-state index is -4.61. The molecule has 364 valence electrons. The Morgan fingerprint density at radius 3 is 1.02 bits per heavy atom. The van der Waals surface area contributed by atoms with Crippen LogP contribution < -0.4 is 0 Å². The molecule has 3 N–H and O–H groups in total. The highest BCUT2D eigenvalue weighted by molar-refractivity contribution is 7.47. The molecule has 0 aromatic carbocycles. The van der Waals surface area contributed by atoms with Crippen LogP contribution in [0.1, 0.15) is 271 Å². The summed E-state index contributed by atoms with van der Waals surface area (Å²) in [5.74, 6) is -0.902. The van der Waals surface area contributed by atoms with Crippen LogP contribution in [-0.2, 0) is 32.7 Å². The van der Waals surface area contributed by atoms with Crippen molar-refractivity contribution in [3.63, 3.8) is 0 Å². The third-order valence-electron chi connectivity index (χ3n) is 11.8. The van der Waals surface area contributed by atoms with Crippen LogP contribution in [0, 0.1) is 0 Å². The summed E-state index contributed by atoms with van der Waals surface area (Å²) in [5.41, 5.74) is 0. The number of ether oxygens (including phenoxy) is 2. The Hall–Kier alpha value is -1.03. The number of phosphoric ester groups is 1. The molecule has 3 atom stereocenters. The Morgan fingerprint density at radius 1 is 0.426 bits per heavy atom. The Balaban J connectivity index is 4.12. The quantitative estimate of drug-likeness (QED) is 0.0306. The van der Waals surface area contributed by atoms with Crippen molar-refractivity contribution in [1.82, 2.24) is 0 Å². The topological polar surface area (TPSA) is 149 Å². The van der Waals surface area contributed by atoms with Gasteiger partial charge >= 0.3 is 19.8 Å². The molecule has 0 fully saturated rings. The maximum absolute atomic E-state index is 12.7. The Labute approximate surface area is 375 Å². The second-order valence-electron chi connectivity index (χ2n) is 17.9. The van der Waals surface area contributed by atoms with E-state index in [1.807, 2.05) is 0 Å². The summed E-state index contributed by atoms with van der Waals surface area (Å²) in [4.78, 5) is 35.2. The largest absolute Gasteiger partial charge is 0.472 e. The smallest absolute Gasteiger partial charge is 0.462 e. The zero-order valence-corrected chi connectivity index (χ0v) is 40.8. The molecule has 0 spiro atoms. The predicted molar refractivity (Wildman–Crippen MR) is 252 cm³/mol. The van der Waals surface area contributed by atoms with Crippen LogP contribution in [0.25, 0.3) is 0 Å². The minimum absolute atomic E-state index is 0.193. The van der Waals surface area contributed by atoms with Gasteiger partial charge in [-0.1, -0.05) is 245 Å². The fourth-order valence-electron chi connectivity index (χ4n) is 7.76. The molecule has 0 saturated heterocycles. The number of esters is 2. The Kier molecular flexibility index (Phi) is 46.2. The van der Waals surface area contributed by atoms with Crippen molar-refractivity contribution < 1.29 is 47.8 Å². The molecule has 0 aliphatic carbocycles. The zero-order chi connectivity index (χ0) is 44.8. The fourth-order valence-corrected chi connectivity index (χ4v) is 8.55. The van der Waals surface area contributed by atoms with Gasteiger partial charge in [-0.25, -0.2) is 4.57 Å². The van der Waals surface area contributed by atoms with E-state index in [1.54, 1.807) is 0 Å². The molecule has 0 radical (unpaired) electrons. The highest BCUT2D eigenvalue weighted by Crippen LogP contribution is 2.43. The van der Waals surface area contributed by atoms with Crippen LogP contribution in [0.5, 0.6) is 0 Å². The standard InChI is InChI=1S/C50H99O10P/c1-3-5-7-9-11-13-15-17-19-21-23-25-27-29-31-33-35-37-39-41-49(53)57-45-48(46-59-61(55,56)58-44-47(52)43-51)60-50(54)42-40-38-36-34-32-30-28-26-24-22-20-18-16-14-12-10-8-6-4-2/h47-48,51-52H,3-46H2,1-2H3,(H,55,56)/t47-,48+/m0/s1. The van der Waals surface area contributed by atoms with E-state index in [2.05, 4.69) is 13.8 Å². The molecule has 1 unspecified atom stereocenters. The molecule has 0 aliphatic rings. The van der Waals surface area contributed by atoms with Gasteiger partial charge in [0.2, 0.25) is 0 Å². The van der Waals surface area contributed by atoms with E-state index in [0.29, 0.717) is 12.8 Å². The average molecular weight is 891 g/mol. The Bertz CT molecular complexity index is 982. The second-order valence-corrected chi connectivity index (χ2v) is 19.4. The molecule has 0 rings (SSSR count). The zero-order valence-electron chi connectivity index (χ0n) is 39.9. The summed E-state index contributed by atoms with van der Waals surface area (Å²) in [7, 11) is -4.61. The molecule has 61 heavy (non-hydrogen) atoms. The minimum Gasteiger partial charge on any atom is -0.462 e. The maximum atomic E-state index is 12.7. The van der Waals surface area contributed by atoms with E-state index in [4.69, 9.17) is 23.6 Å². The summed E-state index contributed by atoms with van der Waals surface area (Å²) in [6.45, 7) is 2.46. The number of unbranched alkanes of at least 4 members (excludes halogenated alkanes) is 36. The molecular formula is C50H99O10P. The number of hydrogen-bond donors (Lipinski definition) is 3. The first kappa shape index (κ1) is 60.0. The third-order valence-corrected chi connectivity index (χ3v) is 12.7. The molecule has 0 bridgehead atoms.